The van der Waals surface area contributed by atoms with Crippen molar-refractivity contribution in [1.82, 2.24) is 20.1 Å². The number of rotatable bonds is 4. The smallest absolute Gasteiger partial charge is 0.127 e. The highest BCUT2D eigenvalue weighted by Gasteiger charge is 2.10. The average molecular weight is 236 g/mol. The molecule has 86 valence electrons. The van der Waals surface area contributed by atoms with Crippen molar-refractivity contribution >= 4 is 11.3 Å². The summed E-state index contributed by atoms with van der Waals surface area (Å²) in [7, 11) is 1.93. The third-order valence-electron chi connectivity index (χ3n) is 2.35. The zero-order chi connectivity index (χ0) is 11.5. The van der Waals surface area contributed by atoms with Gasteiger partial charge in [0.1, 0.15) is 5.01 Å². The van der Waals surface area contributed by atoms with Gasteiger partial charge in [-0.1, -0.05) is 6.92 Å². The van der Waals surface area contributed by atoms with Gasteiger partial charge in [0.2, 0.25) is 0 Å². The number of aromatic nitrogens is 3. The van der Waals surface area contributed by atoms with Crippen LogP contribution in [0.3, 0.4) is 0 Å². The molecule has 0 aliphatic heterocycles. The van der Waals surface area contributed by atoms with Crippen molar-refractivity contribution in [2.24, 2.45) is 7.05 Å². The van der Waals surface area contributed by atoms with Crippen LogP contribution in [-0.2, 0) is 13.6 Å². The van der Waals surface area contributed by atoms with Crippen LogP contribution in [0.15, 0.2) is 12.4 Å². The topological polar surface area (TPSA) is 42.7 Å². The maximum Gasteiger partial charge on any atom is 0.127 e. The van der Waals surface area contributed by atoms with Gasteiger partial charge < -0.3 is 5.32 Å². The summed E-state index contributed by atoms with van der Waals surface area (Å²) in [6.07, 6.45) is 3.96. The average Bonchev–Trinajstić information content (AvgIpc) is 2.82. The molecule has 0 saturated carbocycles. The molecule has 0 atom stereocenters. The van der Waals surface area contributed by atoms with E-state index in [-0.39, 0.29) is 0 Å². The van der Waals surface area contributed by atoms with Crippen LogP contribution < -0.4 is 5.32 Å². The van der Waals surface area contributed by atoms with E-state index in [1.807, 2.05) is 31.0 Å². The number of hydrogen-bond acceptors (Lipinski definition) is 4. The highest BCUT2D eigenvalue weighted by molar-refractivity contribution is 7.15. The molecule has 2 heterocycles. The Labute approximate surface area is 99.3 Å². The van der Waals surface area contributed by atoms with Crippen molar-refractivity contribution in [3.8, 4) is 10.6 Å². The highest BCUT2D eigenvalue weighted by Crippen LogP contribution is 2.26. The molecule has 0 saturated heterocycles. The summed E-state index contributed by atoms with van der Waals surface area (Å²) in [6.45, 7) is 6.00. The second-order valence-corrected chi connectivity index (χ2v) is 4.83. The van der Waals surface area contributed by atoms with Gasteiger partial charge in [0, 0.05) is 30.9 Å². The Balaban J connectivity index is 2.21. The van der Waals surface area contributed by atoms with E-state index in [4.69, 9.17) is 0 Å². The largest absolute Gasteiger partial charge is 0.312 e. The summed E-state index contributed by atoms with van der Waals surface area (Å²) in [4.78, 5) is 5.70. The summed E-state index contributed by atoms with van der Waals surface area (Å²) >= 11 is 1.73. The lowest BCUT2D eigenvalue weighted by Crippen LogP contribution is -2.10. The Morgan fingerprint density at radius 2 is 2.31 bits per heavy atom. The van der Waals surface area contributed by atoms with Crippen molar-refractivity contribution in [2.75, 3.05) is 6.54 Å². The van der Waals surface area contributed by atoms with Gasteiger partial charge in [-0.25, -0.2) is 4.98 Å². The zero-order valence-corrected chi connectivity index (χ0v) is 10.6. The van der Waals surface area contributed by atoms with E-state index >= 15 is 0 Å². The molecule has 16 heavy (non-hydrogen) atoms. The lowest BCUT2D eigenvalue weighted by Gasteiger charge is -1.95. The SMILES string of the molecule is CCNCc1cnc(-c2cn(C)nc2C)s1. The minimum atomic E-state index is 0.896. The van der Waals surface area contributed by atoms with Gasteiger partial charge in [0.15, 0.2) is 0 Å². The van der Waals surface area contributed by atoms with Gasteiger partial charge in [-0.15, -0.1) is 11.3 Å². The molecule has 0 radical (unpaired) electrons. The summed E-state index contributed by atoms with van der Waals surface area (Å²) in [5.41, 5.74) is 2.17. The number of nitrogens with one attached hydrogen (secondary N) is 1. The number of nitrogens with zero attached hydrogens (tertiary/aromatic N) is 3. The van der Waals surface area contributed by atoms with Gasteiger partial charge in [-0.05, 0) is 13.5 Å². The summed E-state index contributed by atoms with van der Waals surface area (Å²) in [6, 6.07) is 0. The number of hydrogen-bond donors (Lipinski definition) is 1. The minimum absolute atomic E-state index is 0.896. The first kappa shape index (κ1) is 11.3. The molecule has 1 N–H and O–H groups in total. The molecule has 0 aliphatic carbocycles. The van der Waals surface area contributed by atoms with Crippen molar-refractivity contribution in [2.45, 2.75) is 20.4 Å². The summed E-state index contributed by atoms with van der Waals surface area (Å²) in [5.74, 6) is 0. The molecule has 0 aliphatic rings. The van der Waals surface area contributed by atoms with Gasteiger partial charge >= 0.3 is 0 Å². The molecule has 0 amide bonds. The second-order valence-electron chi connectivity index (χ2n) is 3.71. The molecule has 0 aromatic carbocycles. The first-order valence-electron chi connectivity index (χ1n) is 5.36. The quantitative estimate of drug-likeness (QED) is 0.882. The minimum Gasteiger partial charge on any atom is -0.312 e. The standard InChI is InChI=1S/C11H16N4S/c1-4-12-5-9-6-13-11(16-9)10-7-15(3)14-8(10)2/h6-7,12H,4-5H2,1-3H3. The van der Waals surface area contributed by atoms with Crippen LogP contribution in [0.4, 0.5) is 0 Å². The Bertz CT molecular complexity index is 472. The summed E-state index contributed by atoms with van der Waals surface area (Å²) < 4.78 is 1.83. The van der Waals surface area contributed by atoms with Crippen molar-refractivity contribution in [3.63, 3.8) is 0 Å². The fourth-order valence-corrected chi connectivity index (χ4v) is 2.52. The third kappa shape index (κ3) is 2.31. The zero-order valence-electron chi connectivity index (χ0n) is 9.82. The predicted octanol–water partition coefficient (Wildman–Crippen LogP) is 1.96. The van der Waals surface area contributed by atoms with E-state index < -0.39 is 0 Å². The lowest BCUT2D eigenvalue weighted by atomic mass is 10.3. The third-order valence-corrected chi connectivity index (χ3v) is 3.38. The van der Waals surface area contributed by atoms with E-state index in [1.54, 1.807) is 11.3 Å². The fourth-order valence-electron chi connectivity index (χ4n) is 1.57. The second kappa shape index (κ2) is 4.76. The van der Waals surface area contributed by atoms with Crippen LogP contribution in [0.5, 0.6) is 0 Å². The first-order valence-corrected chi connectivity index (χ1v) is 6.18. The van der Waals surface area contributed by atoms with Gasteiger partial charge in [-0.3, -0.25) is 4.68 Å². The van der Waals surface area contributed by atoms with Crippen LogP contribution in [-0.4, -0.2) is 21.3 Å². The van der Waals surface area contributed by atoms with Gasteiger partial charge in [-0.2, -0.15) is 5.10 Å². The molecule has 5 heteroatoms. The van der Waals surface area contributed by atoms with E-state index in [1.165, 1.54) is 4.88 Å². The normalized spacial score (nSPS) is 10.9. The fraction of sp³-hybridized carbons (Fsp3) is 0.455. The molecule has 4 nitrogen and oxygen atoms in total. The molecule has 0 bridgehead atoms. The maximum atomic E-state index is 4.44. The van der Waals surface area contributed by atoms with Crippen molar-refractivity contribution in [1.29, 1.82) is 0 Å². The Morgan fingerprint density at radius 3 is 2.94 bits per heavy atom. The maximum absolute atomic E-state index is 4.44. The molecule has 0 unspecified atom stereocenters. The molecule has 2 aromatic heterocycles. The Morgan fingerprint density at radius 1 is 1.50 bits per heavy atom. The van der Waals surface area contributed by atoms with E-state index in [9.17, 15) is 0 Å². The lowest BCUT2D eigenvalue weighted by molar-refractivity contribution is 0.734. The molecule has 2 rings (SSSR count). The van der Waals surface area contributed by atoms with Crippen LogP contribution in [0, 0.1) is 6.92 Å². The van der Waals surface area contributed by atoms with E-state index in [0.29, 0.717) is 0 Å². The molecular formula is C11H16N4S. The Hall–Kier alpha value is -1.20. The summed E-state index contributed by atoms with van der Waals surface area (Å²) in [5, 5.41) is 8.68. The highest BCUT2D eigenvalue weighted by atomic mass is 32.1. The van der Waals surface area contributed by atoms with Crippen LogP contribution in [0.25, 0.3) is 10.6 Å². The van der Waals surface area contributed by atoms with E-state index in [2.05, 4.69) is 22.3 Å². The predicted molar refractivity (Wildman–Crippen MR) is 66.4 cm³/mol. The monoisotopic (exact) mass is 236 g/mol. The van der Waals surface area contributed by atoms with Crippen LogP contribution >= 0.6 is 11.3 Å². The van der Waals surface area contributed by atoms with Crippen LogP contribution in [0.2, 0.25) is 0 Å². The Kier molecular flexibility index (Phi) is 3.36. The first-order chi connectivity index (χ1) is 7.70. The molecule has 0 spiro atoms. The molecular weight excluding hydrogens is 220 g/mol. The molecule has 0 fully saturated rings. The number of aryl methyl sites for hydroxylation is 2. The van der Waals surface area contributed by atoms with Gasteiger partial charge in [0.05, 0.1) is 11.3 Å². The molecule has 2 aromatic rings. The van der Waals surface area contributed by atoms with Crippen molar-refractivity contribution in [3.05, 3.63) is 23.0 Å². The van der Waals surface area contributed by atoms with E-state index in [0.717, 1.165) is 29.4 Å². The van der Waals surface area contributed by atoms with Gasteiger partial charge in [0.25, 0.3) is 0 Å². The van der Waals surface area contributed by atoms with Crippen molar-refractivity contribution < 1.29 is 0 Å². The number of thiazole rings is 1. The van der Waals surface area contributed by atoms with Crippen LogP contribution in [0.1, 0.15) is 17.5 Å².